The highest BCUT2D eigenvalue weighted by Crippen LogP contribution is 2.30. The quantitative estimate of drug-likeness (QED) is 0.633. The number of para-hydroxylation sites is 1. The van der Waals surface area contributed by atoms with Crippen LogP contribution in [-0.2, 0) is 10.2 Å². The molecule has 1 N–H and O–H groups in total. The van der Waals surface area contributed by atoms with E-state index in [2.05, 4.69) is 52.8 Å². The average molecular weight is 323 g/mol. The molecule has 0 saturated heterocycles. The minimum atomic E-state index is 0.0988. The van der Waals surface area contributed by atoms with Crippen molar-refractivity contribution in [3.05, 3.63) is 29.8 Å². The van der Waals surface area contributed by atoms with Crippen LogP contribution in [0.15, 0.2) is 24.3 Å². The molecule has 23 heavy (non-hydrogen) atoms. The van der Waals surface area contributed by atoms with Gasteiger partial charge in [-0.3, -0.25) is 0 Å². The summed E-state index contributed by atoms with van der Waals surface area (Å²) in [6.07, 6.45) is 2.48. The molecule has 3 nitrogen and oxygen atoms in total. The van der Waals surface area contributed by atoms with Crippen molar-refractivity contribution in [3.63, 3.8) is 0 Å². The first-order valence-corrected chi connectivity index (χ1v) is 9.12. The van der Waals surface area contributed by atoms with Crippen molar-refractivity contribution in [1.82, 2.24) is 0 Å². The molecule has 0 radical (unpaired) electrons. The summed E-state index contributed by atoms with van der Waals surface area (Å²) in [6.45, 7) is 16.8. The lowest BCUT2D eigenvalue weighted by Gasteiger charge is -2.22. The standard InChI is InChI=1S/C20H35NO2/c1-6-12-21(13-7-2)14-15-22-16-17-23-19-11-9-8-10-18(19)20(3,4)5/h8-11H,6-7,12-17H2,1-5H3/p+1. The third-order valence-corrected chi connectivity index (χ3v) is 3.99. The molecule has 1 rings (SSSR count). The molecule has 0 aliphatic carbocycles. The normalized spacial score (nSPS) is 11.9. The van der Waals surface area contributed by atoms with Crippen LogP contribution < -0.4 is 9.64 Å². The van der Waals surface area contributed by atoms with Crippen LogP contribution in [0.3, 0.4) is 0 Å². The van der Waals surface area contributed by atoms with Crippen molar-refractivity contribution >= 4 is 0 Å². The van der Waals surface area contributed by atoms with E-state index in [0.717, 1.165) is 18.9 Å². The number of benzene rings is 1. The Balaban J connectivity index is 2.28. The molecule has 132 valence electrons. The van der Waals surface area contributed by atoms with Gasteiger partial charge in [0.1, 0.15) is 18.9 Å². The van der Waals surface area contributed by atoms with Gasteiger partial charge in [-0.15, -0.1) is 0 Å². The fourth-order valence-electron chi connectivity index (χ4n) is 2.82. The largest absolute Gasteiger partial charge is 0.491 e. The Morgan fingerprint density at radius 1 is 0.870 bits per heavy atom. The van der Waals surface area contributed by atoms with Crippen LogP contribution in [0, 0.1) is 0 Å². The molecule has 0 atom stereocenters. The maximum Gasteiger partial charge on any atom is 0.123 e. The molecular weight excluding hydrogens is 286 g/mol. The molecule has 0 aliphatic rings. The van der Waals surface area contributed by atoms with E-state index < -0.39 is 0 Å². The fourth-order valence-corrected chi connectivity index (χ4v) is 2.82. The lowest BCUT2D eigenvalue weighted by molar-refractivity contribution is -0.900. The second kappa shape index (κ2) is 10.7. The summed E-state index contributed by atoms with van der Waals surface area (Å²) in [5.74, 6) is 0.979. The summed E-state index contributed by atoms with van der Waals surface area (Å²) in [6, 6.07) is 8.30. The van der Waals surface area contributed by atoms with Gasteiger partial charge in [0.05, 0.1) is 26.3 Å². The molecule has 0 unspecified atom stereocenters. The fraction of sp³-hybridized carbons (Fsp3) is 0.700. The Hall–Kier alpha value is -1.06. The van der Waals surface area contributed by atoms with Crippen molar-refractivity contribution < 1.29 is 14.4 Å². The van der Waals surface area contributed by atoms with Crippen molar-refractivity contribution in [2.45, 2.75) is 52.9 Å². The average Bonchev–Trinajstić information content (AvgIpc) is 2.50. The van der Waals surface area contributed by atoms with Gasteiger partial charge in [-0.2, -0.15) is 0 Å². The van der Waals surface area contributed by atoms with E-state index in [1.54, 1.807) is 4.90 Å². The van der Waals surface area contributed by atoms with Crippen molar-refractivity contribution in [3.8, 4) is 5.75 Å². The Labute approximate surface area is 143 Å². The van der Waals surface area contributed by atoms with Crippen molar-refractivity contribution in [1.29, 1.82) is 0 Å². The molecule has 0 aliphatic heterocycles. The number of nitrogens with one attached hydrogen (secondary N) is 1. The molecule has 0 heterocycles. The van der Waals surface area contributed by atoms with Crippen LogP contribution in [0.4, 0.5) is 0 Å². The Kier molecular flexibility index (Phi) is 9.27. The van der Waals surface area contributed by atoms with Crippen molar-refractivity contribution in [2.75, 3.05) is 39.5 Å². The molecule has 1 aromatic carbocycles. The van der Waals surface area contributed by atoms with E-state index >= 15 is 0 Å². The number of hydrogen-bond acceptors (Lipinski definition) is 2. The highest BCUT2D eigenvalue weighted by molar-refractivity contribution is 5.38. The van der Waals surface area contributed by atoms with Gasteiger partial charge >= 0.3 is 0 Å². The second-order valence-electron chi connectivity index (χ2n) is 7.21. The first-order valence-electron chi connectivity index (χ1n) is 9.12. The molecule has 3 heteroatoms. The zero-order valence-electron chi connectivity index (χ0n) is 15.8. The van der Waals surface area contributed by atoms with Gasteiger partial charge in [0.2, 0.25) is 0 Å². The molecule has 0 fully saturated rings. The predicted octanol–water partition coefficient (Wildman–Crippen LogP) is 3.08. The first kappa shape index (κ1) is 20.0. The Bertz CT molecular complexity index is 420. The summed E-state index contributed by atoms with van der Waals surface area (Å²) in [5.41, 5.74) is 1.35. The number of ether oxygens (including phenoxy) is 2. The summed E-state index contributed by atoms with van der Waals surface area (Å²) < 4.78 is 11.7. The molecule has 0 saturated carbocycles. The second-order valence-corrected chi connectivity index (χ2v) is 7.21. The van der Waals surface area contributed by atoms with Gasteiger partial charge in [0.15, 0.2) is 0 Å². The zero-order chi connectivity index (χ0) is 17.1. The smallest absolute Gasteiger partial charge is 0.123 e. The van der Waals surface area contributed by atoms with Crippen molar-refractivity contribution in [2.24, 2.45) is 0 Å². The highest BCUT2D eigenvalue weighted by Gasteiger charge is 2.18. The predicted molar refractivity (Wildman–Crippen MR) is 97.6 cm³/mol. The zero-order valence-corrected chi connectivity index (χ0v) is 15.8. The number of rotatable bonds is 11. The van der Waals surface area contributed by atoms with E-state index in [1.807, 2.05) is 6.07 Å². The van der Waals surface area contributed by atoms with E-state index in [4.69, 9.17) is 9.47 Å². The van der Waals surface area contributed by atoms with Gasteiger partial charge in [0.25, 0.3) is 0 Å². The number of hydrogen-bond donors (Lipinski definition) is 1. The van der Waals surface area contributed by atoms with Crippen LogP contribution in [0.25, 0.3) is 0 Å². The molecular formula is C20H36NO2+. The van der Waals surface area contributed by atoms with Gasteiger partial charge in [-0.1, -0.05) is 52.8 Å². The maximum absolute atomic E-state index is 5.93. The third-order valence-electron chi connectivity index (χ3n) is 3.99. The van der Waals surface area contributed by atoms with Gasteiger partial charge < -0.3 is 14.4 Å². The van der Waals surface area contributed by atoms with Crippen LogP contribution >= 0.6 is 0 Å². The minimum Gasteiger partial charge on any atom is -0.491 e. The molecule has 0 amide bonds. The molecule has 0 bridgehead atoms. The maximum atomic E-state index is 5.93. The van der Waals surface area contributed by atoms with E-state index in [1.165, 1.54) is 31.5 Å². The summed E-state index contributed by atoms with van der Waals surface area (Å²) >= 11 is 0. The Morgan fingerprint density at radius 2 is 1.52 bits per heavy atom. The van der Waals surface area contributed by atoms with Crippen LogP contribution in [0.2, 0.25) is 0 Å². The van der Waals surface area contributed by atoms with E-state index in [0.29, 0.717) is 13.2 Å². The molecule has 0 aromatic heterocycles. The van der Waals surface area contributed by atoms with Crippen LogP contribution in [-0.4, -0.2) is 39.5 Å². The van der Waals surface area contributed by atoms with Gasteiger partial charge in [-0.05, 0) is 29.9 Å². The highest BCUT2D eigenvalue weighted by atomic mass is 16.5. The van der Waals surface area contributed by atoms with Crippen LogP contribution in [0.1, 0.15) is 53.0 Å². The first-order chi connectivity index (χ1) is 11.0. The van der Waals surface area contributed by atoms with Crippen LogP contribution in [0.5, 0.6) is 5.75 Å². The van der Waals surface area contributed by atoms with E-state index in [-0.39, 0.29) is 5.41 Å². The topological polar surface area (TPSA) is 22.9 Å². The van der Waals surface area contributed by atoms with E-state index in [9.17, 15) is 0 Å². The summed E-state index contributed by atoms with van der Waals surface area (Å²) in [7, 11) is 0. The lowest BCUT2D eigenvalue weighted by Crippen LogP contribution is -3.12. The SMILES string of the molecule is CCC[NH+](CCC)CCOCCOc1ccccc1C(C)(C)C. The lowest BCUT2D eigenvalue weighted by atomic mass is 9.86. The summed E-state index contributed by atoms with van der Waals surface area (Å²) in [4.78, 5) is 1.65. The minimum absolute atomic E-state index is 0.0988. The summed E-state index contributed by atoms with van der Waals surface area (Å²) in [5, 5.41) is 0. The Morgan fingerprint density at radius 3 is 2.13 bits per heavy atom. The van der Waals surface area contributed by atoms with Gasteiger partial charge in [0, 0.05) is 0 Å². The number of quaternary nitrogens is 1. The monoisotopic (exact) mass is 322 g/mol. The molecule has 0 spiro atoms. The van der Waals surface area contributed by atoms with Gasteiger partial charge in [-0.25, -0.2) is 0 Å². The molecule has 1 aromatic rings. The third kappa shape index (κ3) is 7.85.